The molecule has 0 spiro atoms. The summed E-state index contributed by atoms with van der Waals surface area (Å²) >= 11 is 0. The van der Waals surface area contributed by atoms with E-state index < -0.39 is 16.2 Å². The van der Waals surface area contributed by atoms with Crippen molar-refractivity contribution < 1.29 is 19.1 Å². The fourth-order valence-corrected chi connectivity index (χ4v) is 1.74. The summed E-state index contributed by atoms with van der Waals surface area (Å²) in [4.78, 5) is 27.1. The molecule has 0 bridgehead atoms. The van der Waals surface area contributed by atoms with E-state index in [9.17, 15) is 14.9 Å². The molecule has 9 heteroatoms. The summed E-state index contributed by atoms with van der Waals surface area (Å²) in [6.07, 6.45) is 1.04. The van der Waals surface area contributed by atoms with E-state index in [2.05, 4.69) is 9.97 Å². The fourth-order valence-electron chi connectivity index (χ4n) is 1.74. The van der Waals surface area contributed by atoms with Crippen molar-refractivity contribution in [3.8, 4) is 17.4 Å². The van der Waals surface area contributed by atoms with E-state index in [0.29, 0.717) is 12.4 Å². The first-order valence-corrected chi connectivity index (χ1v) is 6.82. The van der Waals surface area contributed by atoms with Crippen molar-refractivity contribution in [2.24, 2.45) is 0 Å². The Labute approximate surface area is 131 Å². The van der Waals surface area contributed by atoms with Crippen molar-refractivity contribution in [1.29, 1.82) is 0 Å². The predicted octanol–water partition coefficient (Wildman–Crippen LogP) is 1.53. The lowest BCUT2D eigenvalue weighted by atomic mass is 10.3. The number of hydrogen-bond acceptors (Lipinski definition) is 7. The number of nitro groups is 1. The van der Waals surface area contributed by atoms with Gasteiger partial charge in [0.2, 0.25) is 0 Å². The van der Waals surface area contributed by atoms with Crippen LogP contribution < -0.4 is 19.8 Å². The van der Waals surface area contributed by atoms with Gasteiger partial charge in [0.1, 0.15) is 24.7 Å². The van der Waals surface area contributed by atoms with E-state index in [1.165, 1.54) is 0 Å². The van der Waals surface area contributed by atoms with Crippen molar-refractivity contribution in [3.63, 3.8) is 0 Å². The molecule has 0 aliphatic rings. The fraction of sp³-hybridized carbons (Fsp3) is 0.286. The average molecular weight is 321 g/mol. The summed E-state index contributed by atoms with van der Waals surface area (Å²) in [6, 6.07) is 7.00. The lowest BCUT2D eigenvalue weighted by Crippen LogP contribution is -2.16. The van der Waals surface area contributed by atoms with Crippen molar-refractivity contribution in [2.45, 2.75) is 6.92 Å². The van der Waals surface area contributed by atoms with Crippen molar-refractivity contribution in [3.05, 3.63) is 51.1 Å². The second kappa shape index (κ2) is 7.78. The SMILES string of the molecule is CCOc1ccc(OCCOc2nc[nH]c(=O)c2[N+](=O)[O-])cc1. The Hall–Kier alpha value is -3.10. The second-order valence-corrected chi connectivity index (χ2v) is 4.24. The zero-order valence-electron chi connectivity index (χ0n) is 12.4. The first kappa shape index (κ1) is 16.3. The van der Waals surface area contributed by atoms with Crippen LogP contribution in [0.2, 0.25) is 0 Å². The summed E-state index contributed by atoms with van der Waals surface area (Å²) in [6.45, 7) is 2.61. The molecule has 1 aromatic carbocycles. The number of benzene rings is 1. The van der Waals surface area contributed by atoms with Crippen LogP contribution in [-0.2, 0) is 0 Å². The van der Waals surface area contributed by atoms with Gasteiger partial charge in [-0.3, -0.25) is 14.9 Å². The van der Waals surface area contributed by atoms with Gasteiger partial charge in [-0.2, -0.15) is 4.98 Å². The summed E-state index contributed by atoms with van der Waals surface area (Å²) in [5.41, 5.74) is -1.60. The monoisotopic (exact) mass is 321 g/mol. The van der Waals surface area contributed by atoms with Crippen molar-refractivity contribution >= 4 is 5.69 Å². The van der Waals surface area contributed by atoms with Crippen LogP contribution in [-0.4, -0.2) is 34.7 Å². The van der Waals surface area contributed by atoms with Gasteiger partial charge in [-0.15, -0.1) is 0 Å². The molecular formula is C14H15N3O6. The Morgan fingerprint density at radius 2 is 1.74 bits per heavy atom. The highest BCUT2D eigenvalue weighted by Crippen LogP contribution is 2.19. The molecule has 0 saturated carbocycles. The molecule has 0 aliphatic carbocycles. The van der Waals surface area contributed by atoms with Gasteiger partial charge in [0.15, 0.2) is 0 Å². The summed E-state index contributed by atoms with van der Waals surface area (Å²) < 4.78 is 15.9. The summed E-state index contributed by atoms with van der Waals surface area (Å²) in [5.74, 6) is 0.999. The highest BCUT2D eigenvalue weighted by atomic mass is 16.6. The third kappa shape index (κ3) is 4.43. The number of aromatic nitrogens is 2. The number of aromatic amines is 1. The lowest BCUT2D eigenvalue weighted by molar-refractivity contribution is -0.387. The first-order valence-electron chi connectivity index (χ1n) is 6.82. The minimum absolute atomic E-state index is 0.00447. The molecule has 2 rings (SSSR count). The minimum atomic E-state index is -0.868. The van der Waals surface area contributed by atoms with Crippen LogP contribution in [0.3, 0.4) is 0 Å². The molecule has 0 unspecified atom stereocenters. The van der Waals surface area contributed by atoms with E-state index in [4.69, 9.17) is 14.2 Å². The Bertz CT molecular complexity index is 713. The zero-order valence-corrected chi connectivity index (χ0v) is 12.4. The first-order chi connectivity index (χ1) is 11.1. The Morgan fingerprint density at radius 3 is 2.35 bits per heavy atom. The van der Waals surface area contributed by atoms with Crippen molar-refractivity contribution in [2.75, 3.05) is 19.8 Å². The van der Waals surface area contributed by atoms with Gasteiger partial charge in [-0.1, -0.05) is 0 Å². The summed E-state index contributed by atoms with van der Waals surface area (Å²) in [5, 5.41) is 10.8. The van der Waals surface area contributed by atoms with Crippen LogP contribution in [0.4, 0.5) is 5.69 Å². The third-order valence-electron chi connectivity index (χ3n) is 2.70. The molecule has 0 saturated heterocycles. The van der Waals surface area contributed by atoms with Crippen LogP contribution in [0, 0.1) is 10.1 Å². The molecule has 9 nitrogen and oxygen atoms in total. The normalized spacial score (nSPS) is 10.1. The van der Waals surface area contributed by atoms with Crippen LogP contribution in [0.1, 0.15) is 6.92 Å². The van der Waals surface area contributed by atoms with Crippen LogP contribution in [0.15, 0.2) is 35.4 Å². The van der Waals surface area contributed by atoms with Gasteiger partial charge in [0, 0.05) is 0 Å². The molecule has 2 aromatic rings. The molecule has 1 aromatic heterocycles. The topological polar surface area (TPSA) is 117 Å². The van der Waals surface area contributed by atoms with Gasteiger partial charge in [-0.05, 0) is 31.2 Å². The van der Waals surface area contributed by atoms with E-state index in [1.54, 1.807) is 24.3 Å². The summed E-state index contributed by atoms with van der Waals surface area (Å²) in [7, 11) is 0. The van der Waals surface area contributed by atoms with Gasteiger partial charge in [0.25, 0.3) is 0 Å². The predicted molar refractivity (Wildman–Crippen MR) is 80.1 cm³/mol. The van der Waals surface area contributed by atoms with E-state index in [-0.39, 0.29) is 19.1 Å². The van der Waals surface area contributed by atoms with Crippen LogP contribution in [0.25, 0.3) is 0 Å². The molecule has 0 fully saturated rings. The number of rotatable bonds is 8. The Morgan fingerprint density at radius 1 is 1.13 bits per heavy atom. The number of nitrogens with one attached hydrogen (secondary N) is 1. The molecule has 0 radical (unpaired) electrons. The van der Waals surface area contributed by atoms with E-state index in [0.717, 1.165) is 12.1 Å². The zero-order chi connectivity index (χ0) is 16.7. The Balaban J connectivity index is 1.87. The number of H-pyrrole nitrogens is 1. The van der Waals surface area contributed by atoms with Crippen molar-refractivity contribution in [1.82, 2.24) is 9.97 Å². The quantitative estimate of drug-likeness (QED) is 0.445. The van der Waals surface area contributed by atoms with E-state index in [1.807, 2.05) is 6.92 Å². The highest BCUT2D eigenvalue weighted by Gasteiger charge is 2.21. The van der Waals surface area contributed by atoms with Crippen LogP contribution >= 0.6 is 0 Å². The molecule has 122 valence electrons. The maximum Gasteiger partial charge on any atom is 0.395 e. The van der Waals surface area contributed by atoms with Gasteiger partial charge >= 0.3 is 17.1 Å². The minimum Gasteiger partial charge on any atom is -0.494 e. The number of hydrogen-bond donors (Lipinski definition) is 1. The molecule has 23 heavy (non-hydrogen) atoms. The highest BCUT2D eigenvalue weighted by molar-refractivity contribution is 5.37. The van der Waals surface area contributed by atoms with E-state index >= 15 is 0 Å². The second-order valence-electron chi connectivity index (χ2n) is 4.24. The average Bonchev–Trinajstić information content (AvgIpc) is 2.53. The molecule has 0 aliphatic heterocycles. The molecule has 1 N–H and O–H groups in total. The molecule has 0 atom stereocenters. The number of ether oxygens (including phenoxy) is 3. The largest absolute Gasteiger partial charge is 0.494 e. The van der Waals surface area contributed by atoms with Gasteiger partial charge in [-0.25, -0.2) is 0 Å². The maximum absolute atomic E-state index is 11.4. The number of nitrogens with zero attached hydrogens (tertiary/aromatic N) is 2. The van der Waals surface area contributed by atoms with Gasteiger partial charge < -0.3 is 19.2 Å². The van der Waals surface area contributed by atoms with Crippen LogP contribution in [0.5, 0.6) is 17.4 Å². The lowest BCUT2D eigenvalue weighted by Gasteiger charge is -2.08. The molecule has 0 amide bonds. The Kier molecular flexibility index (Phi) is 5.50. The third-order valence-corrected chi connectivity index (χ3v) is 2.70. The van der Waals surface area contributed by atoms with Gasteiger partial charge in [0.05, 0.1) is 17.9 Å². The maximum atomic E-state index is 11.4. The smallest absolute Gasteiger partial charge is 0.395 e. The molecule has 1 heterocycles. The standard InChI is InChI=1S/C14H15N3O6/c1-2-21-10-3-5-11(6-4-10)22-7-8-23-14-12(17(19)20)13(18)15-9-16-14/h3-6,9H,2,7-8H2,1H3,(H,15,16,18). The molecular weight excluding hydrogens is 306 g/mol.